The summed E-state index contributed by atoms with van der Waals surface area (Å²) in [5.41, 5.74) is 2.66. The number of sulfonamides is 1. The van der Waals surface area contributed by atoms with Crippen LogP contribution in [0.2, 0.25) is 0 Å². The third kappa shape index (κ3) is 3.06. The molecule has 0 unspecified atom stereocenters. The summed E-state index contributed by atoms with van der Waals surface area (Å²) >= 11 is 0. The molecule has 0 spiro atoms. The van der Waals surface area contributed by atoms with Crippen LogP contribution in [-0.2, 0) is 17.1 Å². The highest BCUT2D eigenvalue weighted by atomic mass is 32.2. The lowest BCUT2D eigenvalue weighted by Crippen LogP contribution is -2.50. The van der Waals surface area contributed by atoms with Crippen molar-refractivity contribution in [2.75, 3.05) is 26.2 Å². The Bertz CT molecular complexity index is 1160. The number of aromatic nitrogens is 5. The summed E-state index contributed by atoms with van der Waals surface area (Å²) in [4.78, 5) is 19.2. The van der Waals surface area contributed by atoms with Gasteiger partial charge in [0.2, 0.25) is 10.0 Å². The molecule has 0 aliphatic carbocycles. The normalized spacial score (nSPS) is 16.0. The van der Waals surface area contributed by atoms with E-state index in [9.17, 15) is 13.2 Å². The number of hydrogen-bond donors (Lipinski definition) is 0. The van der Waals surface area contributed by atoms with E-state index in [0.717, 1.165) is 11.4 Å². The third-order valence-corrected chi connectivity index (χ3v) is 6.70. The van der Waals surface area contributed by atoms with E-state index in [0.29, 0.717) is 24.3 Å². The number of hydrogen-bond acceptors (Lipinski definition) is 6. The van der Waals surface area contributed by atoms with E-state index in [1.54, 1.807) is 16.5 Å². The number of rotatable bonds is 3. The number of piperazine rings is 1. The Morgan fingerprint density at radius 1 is 1.07 bits per heavy atom. The van der Waals surface area contributed by atoms with Gasteiger partial charge in [0.25, 0.3) is 5.91 Å². The molecule has 11 heteroatoms. The molecule has 1 fully saturated rings. The van der Waals surface area contributed by atoms with Crippen LogP contribution in [0.3, 0.4) is 0 Å². The van der Waals surface area contributed by atoms with Gasteiger partial charge in [-0.3, -0.25) is 9.48 Å². The molecule has 0 aromatic carbocycles. The van der Waals surface area contributed by atoms with Crippen molar-refractivity contribution in [1.82, 2.24) is 33.6 Å². The second kappa shape index (κ2) is 6.67. The van der Waals surface area contributed by atoms with E-state index in [-0.39, 0.29) is 23.9 Å². The van der Waals surface area contributed by atoms with Crippen LogP contribution < -0.4 is 0 Å². The van der Waals surface area contributed by atoms with Crippen LogP contribution >= 0.6 is 0 Å². The second-order valence-electron chi connectivity index (χ2n) is 6.88. The highest BCUT2D eigenvalue weighted by Gasteiger charge is 2.32. The molecule has 1 amide bonds. The summed E-state index contributed by atoms with van der Waals surface area (Å²) in [6, 6.07) is 1.90. The summed E-state index contributed by atoms with van der Waals surface area (Å²) in [7, 11) is -1.94. The molecule has 0 radical (unpaired) electrons. The molecule has 3 aromatic heterocycles. The van der Waals surface area contributed by atoms with Crippen molar-refractivity contribution >= 4 is 21.6 Å². The fourth-order valence-corrected chi connectivity index (χ4v) is 4.81. The van der Waals surface area contributed by atoms with Crippen molar-refractivity contribution in [2.24, 2.45) is 7.05 Å². The predicted octanol–water partition coefficient (Wildman–Crippen LogP) is 0.226. The molecule has 0 bridgehead atoms. The number of carbonyl (C=O) groups is 1. The Morgan fingerprint density at radius 2 is 1.79 bits per heavy atom. The molecular weight excluding hydrogens is 382 g/mol. The number of aryl methyl sites for hydroxylation is 3. The smallest absolute Gasteiger partial charge is 0.259 e. The highest BCUT2D eigenvalue weighted by Crippen LogP contribution is 2.19. The van der Waals surface area contributed by atoms with E-state index >= 15 is 0 Å². The van der Waals surface area contributed by atoms with Gasteiger partial charge in [0, 0.05) is 50.8 Å². The fraction of sp³-hybridized carbons (Fsp3) is 0.412. The molecule has 0 saturated carbocycles. The van der Waals surface area contributed by atoms with Gasteiger partial charge in [-0.15, -0.1) is 0 Å². The molecule has 28 heavy (non-hydrogen) atoms. The van der Waals surface area contributed by atoms with E-state index < -0.39 is 10.0 Å². The zero-order chi connectivity index (χ0) is 20.1. The standard InChI is InChI=1S/C17H21N7O3S/c1-12-8-13(2)24-16(20-12)15(10-19-24)17(25)22-4-6-23(7-5-22)28(26,27)14-9-18-21(3)11-14/h8-11H,4-7H2,1-3H3. The van der Waals surface area contributed by atoms with Crippen LogP contribution in [0.5, 0.6) is 0 Å². The average molecular weight is 403 g/mol. The van der Waals surface area contributed by atoms with Gasteiger partial charge in [-0.05, 0) is 19.9 Å². The first kappa shape index (κ1) is 18.6. The van der Waals surface area contributed by atoms with Crippen LogP contribution in [0, 0.1) is 13.8 Å². The fourth-order valence-electron chi connectivity index (χ4n) is 3.40. The van der Waals surface area contributed by atoms with Crippen LogP contribution in [0.4, 0.5) is 0 Å². The average Bonchev–Trinajstić information content (AvgIpc) is 3.28. The lowest BCUT2D eigenvalue weighted by molar-refractivity contribution is 0.0699. The van der Waals surface area contributed by atoms with Gasteiger partial charge in [0.05, 0.1) is 12.4 Å². The first-order chi connectivity index (χ1) is 13.3. The summed E-state index contributed by atoms with van der Waals surface area (Å²) in [5, 5.41) is 8.19. The van der Waals surface area contributed by atoms with Gasteiger partial charge in [-0.2, -0.15) is 14.5 Å². The molecule has 3 aromatic rings. The van der Waals surface area contributed by atoms with Crippen molar-refractivity contribution in [3.8, 4) is 0 Å². The van der Waals surface area contributed by atoms with Gasteiger partial charge in [-0.1, -0.05) is 0 Å². The van der Waals surface area contributed by atoms with Gasteiger partial charge in [0.1, 0.15) is 10.5 Å². The summed E-state index contributed by atoms with van der Waals surface area (Å²) in [5.74, 6) is -0.189. The van der Waals surface area contributed by atoms with Gasteiger partial charge < -0.3 is 4.90 Å². The third-order valence-electron chi connectivity index (χ3n) is 4.85. The van der Waals surface area contributed by atoms with E-state index in [1.807, 2.05) is 19.9 Å². The minimum Gasteiger partial charge on any atom is -0.336 e. The molecule has 0 atom stereocenters. The maximum Gasteiger partial charge on any atom is 0.259 e. The van der Waals surface area contributed by atoms with Gasteiger partial charge in [-0.25, -0.2) is 17.9 Å². The Hall–Kier alpha value is -2.79. The quantitative estimate of drug-likeness (QED) is 0.620. The van der Waals surface area contributed by atoms with Gasteiger partial charge in [0.15, 0.2) is 5.65 Å². The molecule has 10 nitrogen and oxygen atoms in total. The zero-order valence-electron chi connectivity index (χ0n) is 15.9. The van der Waals surface area contributed by atoms with Crippen molar-refractivity contribution in [1.29, 1.82) is 0 Å². The molecule has 1 aliphatic rings. The first-order valence-electron chi connectivity index (χ1n) is 8.87. The molecule has 4 heterocycles. The van der Waals surface area contributed by atoms with Crippen LogP contribution in [-0.4, -0.2) is 74.1 Å². The Balaban J connectivity index is 1.52. The lowest BCUT2D eigenvalue weighted by Gasteiger charge is -2.33. The summed E-state index contributed by atoms with van der Waals surface area (Å²) in [6.45, 7) is 4.85. The number of nitrogens with zero attached hydrogens (tertiary/aromatic N) is 7. The number of fused-ring (bicyclic) bond motifs is 1. The van der Waals surface area contributed by atoms with Crippen LogP contribution in [0.25, 0.3) is 5.65 Å². The van der Waals surface area contributed by atoms with Crippen molar-refractivity contribution in [2.45, 2.75) is 18.7 Å². The summed E-state index contributed by atoms with van der Waals surface area (Å²) in [6.07, 6.45) is 4.33. The molecule has 148 valence electrons. The topological polar surface area (TPSA) is 106 Å². The van der Waals surface area contributed by atoms with E-state index in [2.05, 4.69) is 15.2 Å². The maximum atomic E-state index is 13.0. The Labute approximate surface area is 162 Å². The molecule has 1 saturated heterocycles. The SMILES string of the molecule is Cc1cc(C)n2ncc(C(=O)N3CCN(S(=O)(=O)c4cnn(C)c4)CC3)c2n1. The predicted molar refractivity (Wildman–Crippen MR) is 100 cm³/mol. The summed E-state index contributed by atoms with van der Waals surface area (Å²) < 4.78 is 29.9. The molecule has 1 aliphatic heterocycles. The highest BCUT2D eigenvalue weighted by molar-refractivity contribution is 7.89. The largest absolute Gasteiger partial charge is 0.336 e. The second-order valence-corrected chi connectivity index (χ2v) is 8.82. The van der Waals surface area contributed by atoms with Gasteiger partial charge >= 0.3 is 0 Å². The number of carbonyl (C=O) groups excluding carboxylic acids is 1. The maximum absolute atomic E-state index is 13.0. The van der Waals surface area contributed by atoms with Crippen molar-refractivity contribution < 1.29 is 13.2 Å². The Morgan fingerprint density at radius 3 is 2.43 bits per heavy atom. The van der Waals surface area contributed by atoms with Crippen LogP contribution in [0.15, 0.2) is 29.6 Å². The van der Waals surface area contributed by atoms with Crippen molar-refractivity contribution in [3.63, 3.8) is 0 Å². The van der Waals surface area contributed by atoms with Crippen molar-refractivity contribution in [3.05, 3.63) is 41.6 Å². The zero-order valence-corrected chi connectivity index (χ0v) is 16.7. The molecular formula is C17H21N7O3S. The number of amides is 1. The monoisotopic (exact) mass is 403 g/mol. The van der Waals surface area contributed by atoms with E-state index in [4.69, 9.17) is 0 Å². The van der Waals surface area contributed by atoms with E-state index in [1.165, 1.54) is 27.6 Å². The minimum absolute atomic E-state index is 0.160. The first-order valence-corrected chi connectivity index (χ1v) is 10.3. The molecule has 4 rings (SSSR count). The lowest BCUT2D eigenvalue weighted by atomic mass is 10.2. The minimum atomic E-state index is -3.61. The van der Waals surface area contributed by atoms with Crippen LogP contribution in [0.1, 0.15) is 21.7 Å². The molecule has 0 N–H and O–H groups in total. The Kier molecular flexibility index (Phi) is 4.42.